The lowest BCUT2D eigenvalue weighted by atomic mass is 10.1. The first-order valence-corrected chi connectivity index (χ1v) is 6.58. The smallest absolute Gasteiger partial charge is 0.182 e. The van der Waals surface area contributed by atoms with E-state index >= 15 is 0 Å². The van der Waals surface area contributed by atoms with Gasteiger partial charge in [-0.05, 0) is 18.4 Å². The van der Waals surface area contributed by atoms with Crippen molar-refractivity contribution >= 4 is 5.78 Å². The SMILES string of the molecule is NCCn1cnc(C(=O)CCCc2ccccc2)c1. The predicted octanol–water partition coefficient (Wildman–Crippen LogP) is 2.05. The van der Waals surface area contributed by atoms with Gasteiger partial charge < -0.3 is 10.3 Å². The van der Waals surface area contributed by atoms with Crippen LogP contribution in [-0.4, -0.2) is 21.9 Å². The number of nitrogens with zero attached hydrogens (tertiary/aromatic N) is 2. The molecule has 0 aliphatic heterocycles. The number of nitrogens with two attached hydrogens (primary N) is 1. The second kappa shape index (κ2) is 6.85. The molecule has 0 spiro atoms. The van der Waals surface area contributed by atoms with Gasteiger partial charge in [0.2, 0.25) is 0 Å². The molecule has 0 aliphatic carbocycles. The van der Waals surface area contributed by atoms with Crippen LogP contribution in [0, 0.1) is 0 Å². The number of aromatic nitrogens is 2. The number of carbonyl (C=O) groups is 1. The summed E-state index contributed by atoms with van der Waals surface area (Å²) in [5.74, 6) is 0.103. The highest BCUT2D eigenvalue weighted by atomic mass is 16.1. The van der Waals surface area contributed by atoms with Gasteiger partial charge >= 0.3 is 0 Å². The van der Waals surface area contributed by atoms with E-state index in [9.17, 15) is 4.79 Å². The van der Waals surface area contributed by atoms with Crippen molar-refractivity contribution in [2.24, 2.45) is 5.73 Å². The number of ketones is 1. The molecular weight excluding hydrogens is 238 g/mol. The third kappa shape index (κ3) is 4.03. The van der Waals surface area contributed by atoms with E-state index in [4.69, 9.17) is 5.73 Å². The number of aryl methyl sites for hydroxylation is 1. The van der Waals surface area contributed by atoms with E-state index in [-0.39, 0.29) is 5.78 Å². The summed E-state index contributed by atoms with van der Waals surface area (Å²) in [6.45, 7) is 1.25. The van der Waals surface area contributed by atoms with E-state index in [1.165, 1.54) is 5.56 Å². The fraction of sp³-hybridized carbons (Fsp3) is 0.333. The molecule has 0 saturated carbocycles. The van der Waals surface area contributed by atoms with E-state index in [2.05, 4.69) is 17.1 Å². The quantitative estimate of drug-likeness (QED) is 0.772. The van der Waals surface area contributed by atoms with E-state index in [1.54, 1.807) is 12.5 Å². The first-order chi connectivity index (χ1) is 9.29. The summed E-state index contributed by atoms with van der Waals surface area (Å²) in [5.41, 5.74) is 7.27. The largest absolute Gasteiger partial charge is 0.335 e. The van der Waals surface area contributed by atoms with Crippen LogP contribution in [-0.2, 0) is 13.0 Å². The van der Waals surface area contributed by atoms with Gasteiger partial charge in [-0.25, -0.2) is 4.98 Å². The molecule has 4 nitrogen and oxygen atoms in total. The van der Waals surface area contributed by atoms with E-state index in [1.807, 2.05) is 22.8 Å². The van der Waals surface area contributed by atoms with Crippen LogP contribution in [0.4, 0.5) is 0 Å². The number of benzene rings is 1. The van der Waals surface area contributed by atoms with Crippen LogP contribution in [0.3, 0.4) is 0 Å². The van der Waals surface area contributed by atoms with Crippen LogP contribution in [0.2, 0.25) is 0 Å². The molecule has 2 N–H and O–H groups in total. The predicted molar refractivity (Wildman–Crippen MR) is 75.0 cm³/mol. The van der Waals surface area contributed by atoms with Gasteiger partial charge in [-0.3, -0.25) is 4.79 Å². The van der Waals surface area contributed by atoms with E-state index in [0.29, 0.717) is 25.2 Å². The Bertz CT molecular complexity index is 519. The Morgan fingerprint density at radius 3 is 2.79 bits per heavy atom. The van der Waals surface area contributed by atoms with Crippen LogP contribution in [0.15, 0.2) is 42.9 Å². The summed E-state index contributed by atoms with van der Waals surface area (Å²) in [4.78, 5) is 16.1. The molecule has 100 valence electrons. The number of hydrogen-bond donors (Lipinski definition) is 1. The Balaban J connectivity index is 1.80. The minimum absolute atomic E-state index is 0.103. The molecule has 1 heterocycles. The number of Topliss-reactive ketones (excluding diaryl/α,β-unsaturated/α-hetero) is 1. The van der Waals surface area contributed by atoms with Gasteiger partial charge in [-0.1, -0.05) is 30.3 Å². The number of carbonyl (C=O) groups excluding carboxylic acids is 1. The fourth-order valence-electron chi connectivity index (χ4n) is 2.00. The van der Waals surface area contributed by atoms with Crippen LogP contribution in [0.1, 0.15) is 28.9 Å². The van der Waals surface area contributed by atoms with Crippen molar-refractivity contribution in [3.63, 3.8) is 0 Å². The highest BCUT2D eigenvalue weighted by Gasteiger charge is 2.09. The standard InChI is InChI=1S/C15H19N3O/c16-9-10-18-11-14(17-12-18)15(19)8-4-7-13-5-2-1-3-6-13/h1-3,5-6,11-12H,4,7-10,16H2. The van der Waals surface area contributed by atoms with Crippen molar-refractivity contribution in [3.05, 3.63) is 54.1 Å². The average Bonchev–Trinajstić information content (AvgIpc) is 2.89. The number of rotatable bonds is 7. The molecule has 1 aromatic heterocycles. The van der Waals surface area contributed by atoms with Gasteiger partial charge in [0.15, 0.2) is 5.78 Å². The Hall–Kier alpha value is -1.94. The summed E-state index contributed by atoms with van der Waals surface area (Å²) < 4.78 is 1.85. The zero-order valence-electron chi connectivity index (χ0n) is 11.0. The molecule has 0 saturated heterocycles. The molecule has 0 bridgehead atoms. The normalized spacial score (nSPS) is 10.6. The first kappa shape index (κ1) is 13.5. The van der Waals surface area contributed by atoms with Gasteiger partial charge in [0, 0.05) is 25.7 Å². The molecular formula is C15H19N3O. The Morgan fingerprint density at radius 2 is 2.05 bits per heavy atom. The molecule has 19 heavy (non-hydrogen) atoms. The lowest BCUT2D eigenvalue weighted by molar-refractivity contribution is 0.0976. The number of hydrogen-bond acceptors (Lipinski definition) is 3. The monoisotopic (exact) mass is 257 g/mol. The molecule has 4 heteroatoms. The van der Waals surface area contributed by atoms with Crippen LogP contribution < -0.4 is 5.73 Å². The van der Waals surface area contributed by atoms with Gasteiger partial charge in [0.1, 0.15) is 5.69 Å². The third-order valence-electron chi connectivity index (χ3n) is 3.02. The molecule has 0 radical (unpaired) electrons. The molecule has 0 atom stereocenters. The molecule has 2 rings (SSSR count). The Kier molecular flexibility index (Phi) is 4.86. The molecule has 0 aliphatic rings. The van der Waals surface area contributed by atoms with Crippen LogP contribution in [0.25, 0.3) is 0 Å². The summed E-state index contributed by atoms with van der Waals surface area (Å²) in [5, 5.41) is 0. The second-order valence-corrected chi connectivity index (χ2v) is 4.55. The second-order valence-electron chi connectivity index (χ2n) is 4.55. The summed E-state index contributed by atoms with van der Waals surface area (Å²) in [7, 11) is 0. The van der Waals surface area contributed by atoms with Crippen molar-refractivity contribution in [3.8, 4) is 0 Å². The van der Waals surface area contributed by atoms with Crippen molar-refractivity contribution in [1.82, 2.24) is 9.55 Å². The Labute approximate surface area is 113 Å². The van der Waals surface area contributed by atoms with Crippen molar-refractivity contribution in [1.29, 1.82) is 0 Å². The van der Waals surface area contributed by atoms with Gasteiger partial charge in [-0.15, -0.1) is 0 Å². The maximum atomic E-state index is 11.9. The first-order valence-electron chi connectivity index (χ1n) is 6.58. The minimum atomic E-state index is 0.103. The molecule has 1 aromatic carbocycles. The summed E-state index contributed by atoms with van der Waals surface area (Å²) >= 11 is 0. The van der Waals surface area contributed by atoms with Crippen LogP contribution in [0.5, 0.6) is 0 Å². The topological polar surface area (TPSA) is 60.9 Å². The highest BCUT2D eigenvalue weighted by Crippen LogP contribution is 2.08. The zero-order valence-corrected chi connectivity index (χ0v) is 11.0. The van der Waals surface area contributed by atoms with Gasteiger partial charge in [0.25, 0.3) is 0 Å². The lowest BCUT2D eigenvalue weighted by Gasteiger charge is -2.00. The fourth-order valence-corrected chi connectivity index (χ4v) is 2.00. The lowest BCUT2D eigenvalue weighted by Crippen LogP contribution is -2.08. The van der Waals surface area contributed by atoms with Crippen LogP contribution >= 0.6 is 0 Å². The van der Waals surface area contributed by atoms with Gasteiger partial charge in [-0.2, -0.15) is 0 Å². The van der Waals surface area contributed by atoms with Gasteiger partial charge in [0.05, 0.1) is 6.33 Å². The third-order valence-corrected chi connectivity index (χ3v) is 3.02. The summed E-state index contributed by atoms with van der Waals surface area (Å²) in [6, 6.07) is 10.2. The maximum Gasteiger partial charge on any atom is 0.182 e. The van der Waals surface area contributed by atoms with Crippen molar-refractivity contribution in [2.45, 2.75) is 25.8 Å². The number of imidazole rings is 1. The van der Waals surface area contributed by atoms with E-state index < -0.39 is 0 Å². The molecule has 0 amide bonds. The molecule has 2 aromatic rings. The maximum absolute atomic E-state index is 11.9. The Morgan fingerprint density at radius 1 is 1.26 bits per heavy atom. The van der Waals surface area contributed by atoms with Crippen molar-refractivity contribution < 1.29 is 4.79 Å². The van der Waals surface area contributed by atoms with E-state index in [0.717, 1.165) is 12.8 Å². The average molecular weight is 257 g/mol. The summed E-state index contributed by atoms with van der Waals surface area (Å²) in [6.07, 6.45) is 5.76. The molecule has 0 unspecified atom stereocenters. The molecule has 0 fully saturated rings. The highest BCUT2D eigenvalue weighted by molar-refractivity contribution is 5.93. The zero-order chi connectivity index (χ0) is 13.5. The minimum Gasteiger partial charge on any atom is -0.335 e. The van der Waals surface area contributed by atoms with Crippen molar-refractivity contribution in [2.75, 3.05) is 6.54 Å².